The molecular formula is C8H20Cu2O10. The molecule has 0 heterocycles. The SMILES string of the molecule is CC(=O)O.CC(=O)O.CC(=O)O.CC(=O)O.O.O.[Cu].[Cu]. The van der Waals surface area contributed by atoms with Gasteiger partial charge in [0.15, 0.2) is 0 Å². The number of carboxylic acid groups (broad SMARTS) is 4. The van der Waals surface area contributed by atoms with Crippen molar-refractivity contribution in [2.24, 2.45) is 0 Å². The summed E-state index contributed by atoms with van der Waals surface area (Å²) < 4.78 is 0. The van der Waals surface area contributed by atoms with Gasteiger partial charge in [0.2, 0.25) is 0 Å². The third-order valence-corrected chi connectivity index (χ3v) is 0. The van der Waals surface area contributed by atoms with E-state index < -0.39 is 23.9 Å². The first kappa shape index (κ1) is 51.0. The second-order valence-corrected chi connectivity index (χ2v) is 2.08. The van der Waals surface area contributed by atoms with Gasteiger partial charge in [-0.25, -0.2) is 0 Å². The molecule has 10 nitrogen and oxygen atoms in total. The number of carbonyl (C=O) groups is 4. The molecule has 0 aliphatic rings. The van der Waals surface area contributed by atoms with Crippen LogP contribution in [0.3, 0.4) is 0 Å². The molecule has 0 aliphatic carbocycles. The molecule has 0 aromatic heterocycles. The average molecular weight is 403 g/mol. The predicted octanol–water partition coefficient (Wildman–Crippen LogP) is -1.29. The summed E-state index contributed by atoms with van der Waals surface area (Å²) in [6, 6.07) is 0. The fourth-order valence-electron chi connectivity index (χ4n) is 0. The van der Waals surface area contributed by atoms with Gasteiger partial charge in [0.1, 0.15) is 0 Å². The molecule has 0 aliphatic heterocycles. The molecule has 134 valence electrons. The number of carboxylic acids is 4. The van der Waals surface area contributed by atoms with Crippen molar-refractivity contribution in [3.8, 4) is 0 Å². The normalized spacial score (nSPS) is 5.00. The van der Waals surface area contributed by atoms with Gasteiger partial charge in [-0.3, -0.25) is 19.2 Å². The predicted molar refractivity (Wildman–Crippen MR) is 60.5 cm³/mol. The van der Waals surface area contributed by atoms with Crippen LogP contribution in [-0.2, 0) is 53.3 Å². The summed E-state index contributed by atoms with van der Waals surface area (Å²) in [5, 5.41) is 29.7. The van der Waals surface area contributed by atoms with Crippen LogP contribution in [0.25, 0.3) is 0 Å². The number of rotatable bonds is 0. The molecule has 0 saturated carbocycles. The molecule has 0 aromatic rings. The molecule has 0 rings (SSSR count). The summed E-state index contributed by atoms with van der Waals surface area (Å²) in [4.78, 5) is 36.0. The van der Waals surface area contributed by atoms with Crippen molar-refractivity contribution in [1.82, 2.24) is 0 Å². The van der Waals surface area contributed by atoms with Crippen LogP contribution in [0.2, 0.25) is 0 Å². The van der Waals surface area contributed by atoms with Crippen LogP contribution in [0.15, 0.2) is 0 Å². The van der Waals surface area contributed by atoms with E-state index in [1.807, 2.05) is 0 Å². The fraction of sp³-hybridized carbons (Fsp3) is 0.500. The van der Waals surface area contributed by atoms with Crippen LogP contribution in [0.1, 0.15) is 27.7 Å². The van der Waals surface area contributed by atoms with E-state index in [1.165, 1.54) is 0 Å². The Hall–Kier alpha value is -1.16. The van der Waals surface area contributed by atoms with Gasteiger partial charge < -0.3 is 31.4 Å². The van der Waals surface area contributed by atoms with Crippen LogP contribution in [0.5, 0.6) is 0 Å². The van der Waals surface area contributed by atoms with Gasteiger partial charge in [-0.2, -0.15) is 0 Å². The van der Waals surface area contributed by atoms with E-state index in [9.17, 15) is 0 Å². The standard InChI is InChI=1S/4C2H4O2.2Cu.2H2O/c4*1-2(3)4;;;;/h4*1H3,(H,3,4);;;2*1H2. The van der Waals surface area contributed by atoms with Crippen molar-refractivity contribution >= 4 is 23.9 Å². The maximum atomic E-state index is 9.00. The Labute approximate surface area is 136 Å². The third-order valence-electron chi connectivity index (χ3n) is 0. The quantitative estimate of drug-likeness (QED) is 0.356. The van der Waals surface area contributed by atoms with Crippen molar-refractivity contribution < 1.29 is 84.7 Å². The molecule has 0 aromatic carbocycles. The molecule has 0 atom stereocenters. The third kappa shape index (κ3) is 3130. The van der Waals surface area contributed by atoms with Crippen LogP contribution < -0.4 is 0 Å². The summed E-state index contributed by atoms with van der Waals surface area (Å²) in [5.74, 6) is -3.33. The topological polar surface area (TPSA) is 212 Å². The van der Waals surface area contributed by atoms with E-state index >= 15 is 0 Å². The largest absolute Gasteiger partial charge is 0.481 e. The minimum Gasteiger partial charge on any atom is -0.481 e. The summed E-state index contributed by atoms with van der Waals surface area (Å²) in [6.45, 7) is 4.33. The second-order valence-electron chi connectivity index (χ2n) is 2.08. The number of hydrogen-bond donors (Lipinski definition) is 4. The summed E-state index contributed by atoms with van der Waals surface area (Å²) in [7, 11) is 0. The van der Waals surface area contributed by atoms with Gasteiger partial charge in [0.05, 0.1) is 0 Å². The Balaban J connectivity index is -0.0000000150. The van der Waals surface area contributed by atoms with Gasteiger partial charge in [0.25, 0.3) is 23.9 Å². The minimum absolute atomic E-state index is 0. The average Bonchev–Trinajstić information content (AvgIpc) is 1.76. The maximum Gasteiger partial charge on any atom is 0.300 e. The molecular weight excluding hydrogens is 383 g/mol. The zero-order valence-electron chi connectivity index (χ0n) is 11.0. The Morgan fingerprint density at radius 1 is 0.500 bits per heavy atom. The van der Waals surface area contributed by atoms with Crippen molar-refractivity contribution in [3.05, 3.63) is 0 Å². The fourth-order valence-corrected chi connectivity index (χ4v) is 0. The maximum absolute atomic E-state index is 9.00. The first-order chi connectivity index (χ1) is 6.93. The molecule has 0 spiro atoms. The second kappa shape index (κ2) is 43.1. The zero-order chi connectivity index (χ0) is 14.3. The van der Waals surface area contributed by atoms with E-state index in [0.29, 0.717) is 0 Å². The molecule has 2 radical (unpaired) electrons. The van der Waals surface area contributed by atoms with Gasteiger partial charge in [-0.05, 0) is 0 Å². The van der Waals surface area contributed by atoms with Crippen molar-refractivity contribution in [2.75, 3.05) is 0 Å². The molecule has 0 bridgehead atoms. The van der Waals surface area contributed by atoms with Crippen LogP contribution in [0, 0.1) is 0 Å². The number of aliphatic carboxylic acids is 4. The molecule has 12 heteroatoms. The first-order valence-electron chi connectivity index (χ1n) is 3.71. The molecule has 0 amide bonds. The summed E-state index contributed by atoms with van der Waals surface area (Å²) >= 11 is 0. The van der Waals surface area contributed by atoms with Gasteiger partial charge in [0, 0.05) is 61.8 Å². The van der Waals surface area contributed by atoms with Gasteiger partial charge in [-0.15, -0.1) is 0 Å². The summed E-state index contributed by atoms with van der Waals surface area (Å²) in [6.07, 6.45) is 0. The van der Waals surface area contributed by atoms with Crippen molar-refractivity contribution in [1.29, 1.82) is 0 Å². The van der Waals surface area contributed by atoms with Gasteiger partial charge >= 0.3 is 0 Å². The van der Waals surface area contributed by atoms with Crippen LogP contribution in [0.4, 0.5) is 0 Å². The Kier molecular flexibility index (Phi) is 110. The van der Waals surface area contributed by atoms with E-state index in [4.69, 9.17) is 39.6 Å². The molecule has 0 fully saturated rings. The monoisotopic (exact) mass is 402 g/mol. The molecule has 0 saturated heterocycles. The van der Waals surface area contributed by atoms with E-state index in [0.717, 1.165) is 27.7 Å². The van der Waals surface area contributed by atoms with Crippen molar-refractivity contribution in [3.63, 3.8) is 0 Å². The molecule has 8 N–H and O–H groups in total. The minimum atomic E-state index is -0.833. The molecule has 20 heavy (non-hydrogen) atoms. The smallest absolute Gasteiger partial charge is 0.300 e. The van der Waals surface area contributed by atoms with Crippen LogP contribution in [-0.4, -0.2) is 55.3 Å². The van der Waals surface area contributed by atoms with Crippen LogP contribution >= 0.6 is 0 Å². The summed E-state index contributed by atoms with van der Waals surface area (Å²) in [5.41, 5.74) is 0. The zero-order valence-corrected chi connectivity index (χ0v) is 12.9. The van der Waals surface area contributed by atoms with E-state index in [2.05, 4.69) is 0 Å². The Morgan fingerprint density at radius 2 is 0.500 bits per heavy atom. The van der Waals surface area contributed by atoms with Crippen molar-refractivity contribution in [2.45, 2.75) is 27.7 Å². The first-order valence-corrected chi connectivity index (χ1v) is 3.71. The molecule has 0 unspecified atom stereocenters. The van der Waals surface area contributed by atoms with E-state index in [1.54, 1.807) is 0 Å². The van der Waals surface area contributed by atoms with Gasteiger partial charge in [-0.1, -0.05) is 0 Å². The number of hydrogen-bond acceptors (Lipinski definition) is 4. The van der Waals surface area contributed by atoms with E-state index in [-0.39, 0.29) is 45.1 Å². The Morgan fingerprint density at radius 3 is 0.500 bits per heavy atom. The Bertz CT molecular complexity index is 167.